The van der Waals surface area contributed by atoms with E-state index in [0.29, 0.717) is 45.8 Å². The van der Waals surface area contributed by atoms with E-state index in [4.69, 9.17) is 5.10 Å². The fourth-order valence-corrected chi connectivity index (χ4v) is 5.45. The summed E-state index contributed by atoms with van der Waals surface area (Å²) in [6, 6.07) is 8.11. The molecule has 1 aliphatic rings. The Labute approximate surface area is 205 Å². The first-order valence-electron chi connectivity index (χ1n) is 12.2. The highest BCUT2D eigenvalue weighted by Gasteiger charge is 2.24. The lowest BCUT2D eigenvalue weighted by atomic mass is 10.1. The van der Waals surface area contributed by atoms with Crippen LogP contribution in [-0.2, 0) is 13.1 Å². The van der Waals surface area contributed by atoms with E-state index in [1.54, 1.807) is 12.1 Å². The summed E-state index contributed by atoms with van der Waals surface area (Å²) in [5, 5.41) is 18.1. The number of aromatic nitrogens is 4. The third-order valence-corrected chi connectivity index (χ3v) is 7.30. The summed E-state index contributed by atoms with van der Waals surface area (Å²) in [6.45, 7) is 4.39. The Morgan fingerprint density at radius 2 is 1.75 bits per heavy atom. The zero-order chi connectivity index (χ0) is 25.1. The van der Waals surface area contributed by atoms with E-state index in [9.17, 15) is 19.7 Å². The Balaban J connectivity index is 1.69. The fraction of sp³-hybridized carbons (Fsp3) is 0.400. The lowest BCUT2D eigenvalue weighted by Gasteiger charge is -2.16. The van der Waals surface area contributed by atoms with Crippen LogP contribution in [0.25, 0.3) is 38.2 Å². The van der Waals surface area contributed by atoms with Crippen LogP contribution in [0.2, 0.25) is 0 Å². The normalized spacial score (nSPS) is 15.0. The quantitative estimate of drug-likeness (QED) is 0.149. The van der Waals surface area contributed by atoms with Gasteiger partial charge in [-0.05, 0) is 58.2 Å². The molecule has 0 N–H and O–H groups in total. The molecular formula is C25H27N7O4. The van der Waals surface area contributed by atoms with Crippen LogP contribution in [0.5, 0.6) is 0 Å². The van der Waals surface area contributed by atoms with E-state index in [-0.39, 0.29) is 17.8 Å². The lowest BCUT2D eigenvalue weighted by molar-refractivity contribution is -0.384. The Morgan fingerprint density at radius 1 is 1.00 bits per heavy atom. The van der Waals surface area contributed by atoms with Gasteiger partial charge in [-0.3, -0.25) is 28.6 Å². The molecule has 11 nitrogen and oxygen atoms in total. The summed E-state index contributed by atoms with van der Waals surface area (Å²) < 4.78 is 4.69. The molecular weight excluding hydrogens is 462 g/mol. The highest BCUT2D eigenvalue weighted by Crippen LogP contribution is 2.35. The summed E-state index contributed by atoms with van der Waals surface area (Å²) >= 11 is 0. The van der Waals surface area contributed by atoms with Crippen LogP contribution >= 0.6 is 0 Å². The third-order valence-electron chi connectivity index (χ3n) is 7.30. The average molecular weight is 490 g/mol. The third kappa shape index (κ3) is 3.38. The van der Waals surface area contributed by atoms with Crippen LogP contribution in [0, 0.1) is 10.1 Å². The molecule has 186 valence electrons. The molecule has 0 atom stereocenters. The molecule has 6 rings (SSSR count). The minimum Gasteiger partial charge on any atom is -0.308 e. The first kappa shape index (κ1) is 22.6. The largest absolute Gasteiger partial charge is 0.336 e. The van der Waals surface area contributed by atoms with Crippen molar-refractivity contribution in [3.8, 4) is 0 Å². The molecule has 5 aromatic rings. The van der Waals surface area contributed by atoms with Gasteiger partial charge in [0.1, 0.15) is 5.52 Å². The van der Waals surface area contributed by atoms with Crippen LogP contribution in [0.4, 0.5) is 5.69 Å². The summed E-state index contributed by atoms with van der Waals surface area (Å²) in [4.78, 5) is 42.7. The van der Waals surface area contributed by atoms with Crippen molar-refractivity contribution in [1.29, 1.82) is 0 Å². The number of nitro benzene ring substituents is 1. The van der Waals surface area contributed by atoms with Gasteiger partial charge in [0.2, 0.25) is 0 Å². The highest BCUT2D eigenvalue weighted by atomic mass is 16.6. The monoisotopic (exact) mass is 489 g/mol. The number of non-ortho nitro benzene ring substituents is 1. The van der Waals surface area contributed by atoms with Gasteiger partial charge in [-0.2, -0.15) is 5.10 Å². The maximum Gasteiger partial charge on any atom is 0.336 e. The molecule has 0 unspecified atom stereocenters. The summed E-state index contributed by atoms with van der Waals surface area (Å²) in [7, 11) is 3.77. The summed E-state index contributed by atoms with van der Waals surface area (Å²) in [5.74, 6) is 0. The lowest BCUT2D eigenvalue weighted by Crippen LogP contribution is -2.40. The fourth-order valence-electron chi connectivity index (χ4n) is 5.45. The minimum absolute atomic E-state index is 0.0712. The number of likely N-dealkylation sites (N-methyl/N-ethyl adjacent to an activating group) is 1. The van der Waals surface area contributed by atoms with E-state index in [1.807, 2.05) is 29.7 Å². The Bertz CT molecular complexity index is 1760. The van der Waals surface area contributed by atoms with Crippen LogP contribution in [0.15, 0.2) is 39.9 Å². The molecule has 0 amide bonds. The predicted octanol–water partition coefficient (Wildman–Crippen LogP) is 2.12. The molecule has 3 aromatic heterocycles. The van der Waals surface area contributed by atoms with Crippen molar-refractivity contribution in [3.63, 3.8) is 0 Å². The molecule has 0 saturated carbocycles. The van der Waals surface area contributed by atoms with Gasteiger partial charge in [-0.15, -0.1) is 0 Å². The number of hydrogen-bond acceptors (Lipinski definition) is 7. The van der Waals surface area contributed by atoms with Crippen molar-refractivity contribution in [1.82, 2.24) is 28.5 Å². The van der Waals surface area contributed by atoms with Gasteiger partial charge in [0.15, 0.2) is 0 Å². The van der Waals surface area contributed by atoms with Crippen LogP contribution in [0.1, 0.15) is 12.8 Å². The van der Waals surface area contributed by atoms with Gasteiger partial charge >= 0.3 is 5.69 Å². The summed E-state index contributed by atoms with van der Waals surface area (Å²) in [5.41, 5.74) is 1.54. The SMILES string of the molecule is CN(C)CCn1c(=O)c2ccc3c4c(nn3CCN3CCCC3)c3cc([N+](=O)[O-])ccc3n(c1=O)c24. The Hall–Kier alpha value is -3.83. The second kappa shape index (κ2) is 8.38. The number of rotatable bonds is 7. The first-order valence-corrected chi connectivity index (χ1v) is 12.2. The van der Waals surface area contributed by atoms with Crippen molar-refractivity contribution in [2.75, 3.05) is 40.3 Å². The molecule has 0 aliphatic carbocycles. The molecule has 1 aliphatic heterocycles. The number of pyridine rings is 1. The van der Waals surface area contributed by atoms with Crippen molar-refractivity contribution >= 4 is 43.9 Å². The summed E-state index contributed by atoms with van der Waals surface area (Å²) in [6.07, 6.45) is 2.39. The molecule has 1 saturated heterocycles. The molecule has 0 radical (unpaired) electrons. The van der Waals surface area contributed by atoms with Gasteiger partial charge < -0.3 is 9.80 Å². The molecule has 4 heterocycles. The number of nitro groups is 1. The standard InChI is InChI=1S/C25H27N7O4/c1-27(2)11-13-29-24(33)17-6-8-20-21-22(26-30(20)14-12-28-9-3-4-10-28)18-15-16(32(35)36)5-7-19(18)31(23(17)21)25(29)34/h5-8,15H,3-4,9-14H2,1-2H3. The zero-order valence-electron chi connectivity index (χ0n) is 20.3. The van der Waals surface area contributed by atoms with E-state index in [2.05, 4.69) is 4.90 Å². The number of fused-ring (bicyclic) bond motifs is 3. The van der Waals surface area contributed by atoms with Crippen LogP contribution < -0.4 is 11.2 Å². The van der Waals surface area contributed by atoms with Crippen molar-refractivity contribution in [3.05, 3.63) is 61.3 Å². The highest BCUT2D eigenvalue weighted by molar-refractivity contribution is 6.21. The molecule has 36 heavy (non-hydrogen) atoms. The van der Waals surface area contributed by atoms with Crippen LogP contribution in [-0.4, -0.2) is 73.7 Å². The van der Waals surface area contributed by atoms with Crippen molar-refractivity contribution in [2.45, 2.75) is 25.9 Å². The second-order valence-electron chi connectivity index (χ2n) is 9.81. The van der Waals surface area contributed by atoms with E-state index < -0.39 is 10.6 Å². The average Bonchev–Trinajstić information content (AvgIpc) is 3.50. The Kier molecular flexibility index (Phi) is 5.27. The van der Waals surface area contributed by atoms with E-state index >= 15 is 0 Å². The smallest absolute Gasteiger partial charge is 0.308 e. The number of nitrogens with zero attached hydrogens (tertiary/aromatic N) is 7. The van der Waals surface area contributed by atoms with Gasteiger partial charge in [0.05, 0.1) is 38.8 Å². The van der Waals surface area contributed by atoms with Gasteiger partial charge in [0.25, 0.3) is 11.2 Å². The number of benzene rings is 2. The molecule has 0 bridgehead atoms. The zero-order valence-corrected chi connectivity index (χ0v) is 20.3. The predicted molar refractivity (Wildman–Crippen MR) is 138 cm³/mol. The topological polar surface area (TPSA) is 111 Å². The van der Waals surface area contributed by atoms with Crippen LogP contribution in [0.3, 0.4) is 0 Å². The molecule has 11 heteroatoms. The van der Waals surface area contributed by atoms with Gasteiger partial charge in [0, 0.05) is 37.2 Å². The number of hydrogen-bond donors (Lipinski definition) is 0. The maximum absolute atomic E-state index is 13.7. The van der Waals surface area contributed by atoms with Crippen molar-refractivity contribution < 1.29 is 4.92 Å². The second-order valence-corrected chi connectivity index (χ2v) is 9.81. The maximum atomic E-state index is 13.7. The molecule has 0 spiro atoms. The Morgan fingerprint density at radius 3 is 2.47 bits per heavy atom. The number of likely N-dealkylation sites (tertiary alicyclic amines) is 1. The van der Waals surface area contributed by atoms with Gasteiger partial charge in [-0.1, -0.05) is 0 Å². The van der Waals surface area contributed by atoms with E-state index in [0.717, 1.165) is 25.2 Å². The minimum atomic E-state index is -0.451. The first-order chi connectivity index (χ1) is 17.3. The van der Waals surface area contributed by atoms with E-state index in [1.165, 1.54) is 33.9 Å². The van der Waals surface area contributed by atoms with Gasteiger partial charge in [-0.25, -0.2) is 4.79 Å². The van der Waals surface area contributed by atoms with Crippen molar-refractivity contribution in [2.24, 2.45) is 0 Å². The molecule has 1 fully saturated rings. The molecule has 2 aromatic carbocycles.